The van der Waals surface area contributed by atoms with E-state index in [9.17, 15) is 9.69 Å². The molecule has 11 heteroatoms. The van der Waals surface area contributed by atoms with Crippen molar-refractivity contribution in [2.45, 2.75) is 111 Å². The van der Waals surface area contributed by atoms with Gasteiger partial charge in [-0.3, -0.25) is 4.79 Å². The van der Waals surface area contributed by atoms with E-state index < -0.39 is 50.3 Å². The van der Waals surface area contributed by atoms with Crippen molar-refractivity contribution in [3.05, 3.63) is 108 Å². The first-order valence-electron chi connectivity index (χ1n) is 18.0. The molecule has 1 fully saturated rings. The number of carbonyl (C=O) groups is 1. The van der Waals surface area contributed by atoms with E-state index in [0.717, 1.165) is 29.5 Å². The fourth-order valence-corrected chi connectivity index (χ4v) is 6.54. The molecule has 1 aliphatic heterocycles. The number of rotatable bonds is 21. The fourth-order valence-electron chi connectivity index (χ4n) is 5.19. The van der Waals surface area contributed by atoms with Gasteiger partial charge in [-0.2, -0.15) is 13.9 Å². The minimum absolute atomic E-state index is 0.0869. The number of hydrogen-bond acceptors (Lipinski definition) is 10. The lowest BCUT2D eigenvalue weighted by Crippen LogP contribution is -2.62. The smallest absolute Gasteiger partial charge is 0.453 e. The highest BCUT2D eigenvalue weighted by Gasteiger charge is 2.58. The molecule has 10 nitrogen and oxygen atoms in total. The average Bonchev–Trinajstić information content (AvgIpc) is 3.12. The lowest BCUT2D eigenvalue weighted by atomic mass is 9.95. The second kappa shape index (κ2) is 21.1. The summed E-state index contributed by atoms with van der Waals surface area (Å²) in [5, 5.41) is 0. The molecule has 0 radical (unpaired) electrons. The van der Waals surface area contributed by atoms with Crippen molar-refractivity contribution < 1.29 is 46.9 Å². The molecule has 0 spiro atoms. The quantitative estimate of drug-likeness (QED) is 0.0653. The predicted molar refractivity (Wildman–Crippen MR) is 196 cm³/mol. The molecule has 0 aliphatic carbocycles. The van der Waals surface area contributed by atoms with Crippen molar-refractivity contribution in [1.82, 2.24) is 0 Å². The summed E-state index contributed by atoms with van der Waals surface area (Å²) in [6.07, 6.45) is -1.93. The maximum atomic E-state index is 13.6. The summed E-state index contributed by atoms with van der Waals surface area (Å²) in [5.74, 6) is -0.501. The van der Waals surface area contributed by atoms with E-state index in [0.29, 0.717) is 19.4 Å². The van der Waals surface area contributed by atoms with Crippen LogP contribution in [0.15, 0.2) is 91.0 Å². The van der Waals surface area contributed by atoms with Crippen LogP contribution in [0.3, 0.4) is 0 Å². The van der Waals surface area contributed by atoms with Gasteiger partial charge >= 0.3 is 14.1 Å². The first kappa shape index (κ1) is 41.0. The number of benzene rings is 3. The third-order valence-electron chi connectivity index (χ3n) is 8.15. The molecule has 0 aromatic heterocycles. The molecular weight excluding hydrogens is 671 g/mol. The minimum atomic E-state index is -3.96. The molecule has 1 saturated heterocycles. The standard InChI is InChI=1S/C40H56O10P/c1-6-8-25-46-51(42,47-26-9-7-2)50-38-37(49-39(41)40(3,4)5)36(45-29-33-23-17-12-18-24-33)35(44-28-32-21-15-11-16-22-32)34(48-38)30-43-27-31-19-13-10-14-20-31/h10-24,34-38,42H,6-9,25-30H2,1-5H3/q+1/t34?,35-,36?,37+,38?/m1/s1. The molecule has 5 atom stereocenters. The molecule has 4 rings (SSSR count). The van der Waals surface area contributed by atoms with Crippen molar-refractivity contribution in [2.75, 3.05) is 19.8 Å². The Hall–Kier alpha value is -2.76. The van der Waals surface area contributed by atoms with Gasteiger partial charge in [-0.15, -0.1) is 4.52 Å². The summed E-state index contributed by atoms with van der Waals surface area (Å²) in [5.41, 5.74) is 1.98. The van der Waals surface area contributed by atoms with E-state index in [1.165, 1.54) is 0 Å². The van der Waals surface area contributed by atoms with Gasteiger partial charge in [-0.05, 0) is 50.3 Å². The van der Waals surface area contributed by atoms with Crippen LogP contribution < -0.4 is 0 Å². The van der Waals surface area contributed by atoms with Crippen LogP contribution in [0.5, 0.6) is 0 Å². The third-order valence-corrected chi connectivity index (χ3v) is 9.64. The first-order chi connectivity index (χ1) is 24.6. The summed E-state index contributed by atoms with van der Waals surface area (Å²) in [7, 11) is -3.96. The first-order valence-corrected chi connectivity index (χ1v) is 19.5. The Bertz CT molecular complexity index is 1380. The van der Waals surface area contributed by atoms with Crippen molar-refractivity contribution >= 4 is 14.1 Å². The molecule has 280 valence electrons. The summed E-state index contributed by atoms with van der Waals surface area (Å²) >= 11 is 0. The van der Waals surface area contributed by atoms with E-state index in [1.807, 2.05) is 105 Å². The zero-order chi connectivity index (χ0) is 36.5. The number of carbonyl (C=O) groups excluding carboxylic acids is 1. The van der Waals surface area contributed by atoms with Crippen LogP contribution in [0.2, 0.25) is 0 Å². The largest absolute Gasteiger partial charge is 0.575 e. The van der Waals surface area contributed by atoms with Gasteiger partial charge in [0.15, 0.2) is 6.10 Å². The number of ether oxygens (including phenoxy) is 5. The van der Waals surface area contributed by atoms with E-state index >= 15 is 0 Å². The number of unbranched alkanes of at least 4 members (excludes halogenated alkanes) is 2. The zero-order valence-corrected chi connectivity index (χ0v) is 31.6. The van der Waals surface area contributed by atoms with Gasteiger partial charge in [0.1, 0.15) is 31.5 Å². The van der Waals surface area contributed by atoms with Crippen LogP contribution in [-0.4, -0.2) is 61.4 Å². The van der Waals surface area contributed by atoms with Crippen LogP contribution in [0.4, 0.5) is 0 Å². The fraction of sp³-hybridized carbons (Fsp3) is 0.525. The molecule has 3 unspecified atom stereocenters. The van der Waals surface area contributed by atoms with Crippen molar-refractivity contribution in [3.8, 4) is 0 Å². The normalized spacial score (nSPS) is 21.0. The van der Waals surface area contributed by atoms with Gasteiger partial charge in [-0.25, -0.2) is 0 Å². The summed E-state index contributed by atoms with van der Waals surface area (Å²) in [4.78, 5) is 25.4. The highest BCUT2D eigenvalue weighted by atomic mass is 31.2. The molecule has 51 heavy (non-hydrogen) atoms. The topological polar surface area (TPSA) is 111 Å². The highest BCUT2D eigenvalue weighted by Crippen LogP contribution is 2.60. The predicted octanol–water partition coefficient (Wildman–Crippen LogP) is 8.38. The monoisotopic (exact) mass is 727 g/mol. The maximum Gasteiger partial charge on any atom is 0.575 e. The van der Waals surface area contributed by atoms with Gasteiger partial charge in [0.05, 0.1) is 31.8 Å². The lowest BCUT2D eigenvalue weighted by Gasteiger charge is -2.45. The molecule has 1 aliphatic rings. The molecular formula is C40H56O10P+. The van der Waals surface area contributed by atoms with E-state index in [-0.39, 0.29) is 33.0 Å². The molecule has 3 aromatic rings. The van der Waals surface area contributed by atoms with E-state index in [2.05, 4.69) is 0 Å². The summed E-state index contributed by atoms with van der Waals surface area (Å²) in [6.45, 7) is 10.6. The minimum Gasteiger partial charge on any atom is -0.453 e. The van der Waals surface area contributed by atoms with Crippen LogP contribution >= 0.6 is 8.17 Å². The van der Waals surface area contributed by atoms with E-state index in [1.54, 1.807) is 20.8 Å². The Morgan fingerprint density at radius 1 is 0.706 bits per heavy atom. The molecule has 0 bridgehead atoms. The van der Waals surface area contributed by atoms with Crippen molar-refractivity contribution in [3.63, 3.8) is 0 Å². The Labute approximate surface area is 304 Å². The Balaban J connectivity index is 1.73. The molecule has 0 amide bonds. The zero-order valence-electron chi connectivity index (χ0n) is 30.7. The van der Waals surface area contributed by atoms with Crippen LogP contribution in [0.1, 0.15) is 77.0 Å². The Morgan fingerprint density at radius 3 is 1.65 bits per heavy atom. The SMILES string of the molecule is CCCCO[P+](O)(OCCCC)OC1OC(COCc2ccccc2)[C@@H](OCc2ccccc2)C(OCc2ccccc2)[C@@H]1OC(=O)C(C)(C)C. The van der Waals surface area contributed by atoms with Crippen LogP contribution in [-0.2, 0) is 61.9 Å². The second-order valence-electron chi connectivity index (χ2n) is 13.6. The summed E-state index contributed by atoms with van der Waals surface area (Å²) < 4.78 is 50.5. The molecule has 3 aromatic carbocycles. The van der Waals surface area contributed by atoms with Gasteiger partial charge in [0.25, 0.3) is 0 Å². The third kappa shape index (κ3) is 13.6. The number of esters is 1. The Kier molecular flexibility index (Phi) is 16.9. The maximum absolute atomic E-state index is 13.6. The van der Waals surface area contributed by atoms with E-state index in [4.69, 9.17) is 37.3 Å². The average molecular weight is 728 g/mol. The van der Waals surface area contributed by atoms with Crippen LogP contribution in [0.25, 0.3) is 0 Å². The second-order valence-corrected chi connectivity index (χ2v) is 15.3. The highest BCUT2D eigenvalue weighted by molar-refractivity contribution is 7.55. The lowest BCUT2D eigenvalue weighted by molar-refractivity contribution is -0.308. The Morgan fingerprint density at radius 2 is 1.18 bits per heavy atom. The van der Waals surface area contributed by atoms with Crippen LogP contribution in [0, 0.1) is 5.41 Å². The van der Waals surface area contributed by atoms with Crippen molar-refractivity contribution in [2.24, 2.45) is 5.41 Å². The summed E-state index contributed by atoms with van der Waals surface area (Å²) in [6, 6.07) is 29.3. The molecule has 0 saturated carbocycles. The van der Waals surface area contributed by atoms with Gasteiger partial charge in [0, 0.05) is 0 Å². The van der Waals surface area contributed by atoms with Gasteiger partial charge in [-0.1, -0.05) is 118 Å². The van der Waals surface area contributed by atoms with Gasteiger partial charge < -0.3 is 23.7 Å². The molecule has 1 N–H and O–H groups in total. The number of hydrogen-bond donors (Lipinski definition) is 1. The van der Waals surface area contributed by atoms with Crippen molar-refractivity contribution in [1.29, 1.82) is 0 Å². The van der Waals surface area contributed by atoms with Gasteiger partial charge in [0.2, 0.25) is 6.29 Å². The molecule has 1 heterocycles.